The summed E-state index contributed by atoms with van der Waals surface area (Å²) in [6, 6.07) is 5.09. The van der Waals surface area contributed by atoms with Crippen molar-refractivity contribution in [2.45, 2.75) is 20.0 Å². The second kappa shape index (κ2) is 7.33. The highest BCUT2D eigenvalue weighted by molar-refractivity contribution is 6.34. The molecule has 0 radical (unpaired) electrons. The third-order valence-corrected chi connectivity index (χ3v) is 2.82. The van der Waals surface area contributed by atoms with Gasteiger partial charge in [-0.15, -0.1) is 0 Å². The Bertz CT molecular complexity index is 438. The van der Waals surface area contributed by atoms with Gasteiger partial charge in [-0.2, -0.15) is 0 Å². The van der Waals surface area contributed by atoms with Crippen LogP contribution in [0, 0.1) is 5.92 Å². The molecule has 0 aliphatic rings. The molecule has 1 aromatic rings. The quantitative estimate of drug-likeness (QED) is 0.642. The summed E-state index contributed by atoms with van der Waals surface area (Å²) in [7, 11) is 0. The number of aliphatic hydroxyl groups is 2. The lowest BCUT2D eigenvalue weighted by molar-refractivity contribution is -0.118. The van der Waals surface area contributed by atoms with Crippen molar-refractivity contribution in [2.75, 3.05) is 23.8 Å². The van der Waals surface area contributed by atoms with E-state index in [-0.39, 0.29) is 25.0 Å². The van der Waals surface area contributed by atoms with Crippen molar-refractivity contribution in [3.63, 3.8) is 0 Å². The third kappa shape index (κ3) is 5.06. The molecule has 1 amide bonds. The summed E-state index contributed by atoms with van der Waals surface area (Å²) in [5.41, 5.74) is 1.26. The first-order valence-corrected chi connectivity index (χ1v) is 6.45. The number of carbonyl (C=O) groups is 1. The maximum atomic E-state index is 11.6. The molecule has 6 heteroatoms. The summed E-state index contributed by atoms with van der Waals surface area (Å²) < 4.78 is 0. The number of hydrogen-bond acceptors (Lipinski definition) is 4. The average Bonchev–Trinajstić information content (AvgIpc) is 2.38. The molecule has 1 rings (SSSR count). The van der Waals surface area contributed by atoms with Crippen LogP contribution >= 0.6 is 11.6 Å². The van der Waals surface area contributed by atoms with Crippen LogP contribution in [0.15, 0.2) is 18.2 Å². The Labute approximate surface area is 117 Å². The molecule has 1 atom stereocenters. The first-order valence-electron chi connectivity index (χ1n) is 6.07. The molecule has 1 aromatic carbocycles. The molecule has 0 aromatic heterocycles. The SMILES string of the molecule is CC(C)C(=O)Nc1ccc(NCC(O)CO)cc1Cl. The molecular weight excluding hydrogens is 268 g/mol. The molecule has 0 bridgehead atoms. The predicted molar refractivity (Wildman–Crippen MR) is 76.5 cm³/mol. The molecule has 4 N–H and O–H groups in total. The van der Waals surface area contributed by atoms with Gasteiger partial charge in [-0.25, -0.2) is 0 Å². The molecule has 106 valence electrons. The monoisotopic (exact) mass is 286 g/mol. The fourth-order valence-corrected chi connectivity index (χ4v) is 1.53. The third-order valence-electron chi connectivity index (χ3n) is 2.50. The van der Waals surface area contributed by atoms with E-state index in [1.165, 1.54) is 0 Å². The summed E-state index contributed by atoms with van der Waals surface area (Å²) in [6.45, 7) is 3.53. The van der Waals surface area contributed by atoms with Crippen LogP contribution in [-0.4, -0.2) is 35.4 Å². The number of nitrogens with one attached hydrogen (secondary N) is 2. The van der Waals surface area contributed by atoms with Crippen LogP contribution in [-0.2, 0) is 4.79 Å². The van der Waals surface area contributed by atoms with E-state index in [0.717, 1.165) is 0 Å². The Balaban J connectivity index is 2.66. The van der Waals surface area contributed by atoms with E-state index in [2.05, 4.69) is 10.6 Å². The number of carbonyl (C=O) groups excluding carboxylic acids is 1. The molecular formula is C13H19ClN2O3. The fraction of sp³-hybridized carbons (Fsp3) is 0.462. The normalized spacial score (nSPS) is 12.3. The van der Waals surface area contributed by atoms with E-state index < -0.39 is 6.10 Å². The van der Waals surface area contributed by atoms with Crippen LogP contribution in [0.25, 0.3) is 0 Å². The fourth-order valence-electron chi connectivity index (χ4n) is 1.30. The van der Waals surface area contributed by atoms with Gasteiger partial charge >= 0.3 is 0 Å². The van der Waals surface area contributed by atoms with Crippen molar-refractivity contribution in [1.82, 2.24) is 0 Å². The van der Waals surface area contributed by atoms with Gasteiger partial charge in [-0.1, -0.05) is 25.4 Å². The van der Waals surface area contributed by atoms with Crippen LogP contribution in [0.3, 0.4) is 0 Å². The van der Waals surface area contributed by atoms with Gasteiger partial charge in [-0.05, 0) is 18.2 Å². The number of hydrogen-bond donors (Lipinski definition) is 4. The Morgan fingerprint density at radius 1 is 1.42 bits per heavy atom. The van der Waals surface area contributed by atoms with E-state index in [4.69, 9.17) is 16.7 Å². The largest absolute Gasteiger partial charge is 0.394 e. The van der Waals surface area contributed by atoms with Gasteiger partial charge in [0.25, 0.3) is 0 Å². The Kier molecular flexibility index (Phi) is 6.08. The Morgan fingerprint density at radius 3 is 2.63 bits per heavy atom. The first-order chi connectivity index (χ1) is 8.93. The standard InChI is InChI=1S/C13H19ClN2O3/c1-8(2)13(19)16-12-4-3-9(5-11(12)14)15-6-10(18)7-17/h3-5,8,10,15,17-18H,6-7H2,1-2H3,(H,16,19). The highest BCUT2D eigenvalue weighted by Crippen LogP contribution is 2.25. The van der Waals surface area contributed by atoms with Crippen molar-refractivity contribution in [3.05, 3.63) is 23.2 Å². The number of aliphatic hydroxyl groups excluding tert-OH is 2. The lowest BCUT2D eigenvalue weighted by atomic mass is 10.2. The van der Waals surface area contributed by atoms with Gasteiger partial charge in [0, 0.05) is 18.2 Å². The van der Waals surface area contributed by atoms with Crippen LogP contribution in [0.4, 0.5) is 11.4 Å². The molecule has 0 heterocycles. The van der Waals surface area contributed by atoms with Crippen molar-refractivity contribution in [3.8, 4) is 0 Å². The van der Waals surface area contributed by atoms with Crippen molar-refractivity contribution in [2.24, 2.45) is 5.92 Å². The molecule has 0 saturated heterocycles. The van der Waals surface area contributed by atoms with Gasteiger partial charge in [-0.3, -0.25) is 4.79 Å². The van der Waals surface area contributed by atoms with Crippen LogP contribution in [0.5, 0.6) is 0 Å². The highest BCUT2D eigenvalue weighted by atomic mass is 35.5. The maximum Gasteiger partial charge on any atom is 0.226 e. The molecule has 0 spiro atoms. The summed E-state index contributed by atoms with van der Waals surface area (Å²) in [4.78, 5) is 11.6. The van der Waals surface area contributed by atoms with E-state index in [1.807, 2.05) is 0 Å². The van der Waals surface area contributed by atoms with Crippen molar-refractivity contribution in [1.29, 1.82) is 0 Å². The summed E-state index contributed by atoms with van der Waals surface area (Å²) in [5, 5.41) is 24.0. The molecule has 0 aliphatic carbocycles. The number of halogens is 1. The van der Waals surface area contributed by atoms with Crippen molar-refractivity contribution < 1.29 is 15.0 Å². The van der Waals surface area contributed by atoms with Crippen LogP contribution in [0.1, 0.15) is 13.8 Å². The first kappa shape index (κ1) is 15.8. The van der Waals surface area contributed by atoms with E-state index in [9.17, 15) is 9.90 Å². The predicted octanol–water partition coefficient (Wildman–Crippen LogP) is 1.70. The zero-order valence-corrected chi connectivity index (χ0v) is 11.7. The minimum absolute atomic E-state index is 0.0988. The molecule has 5 nitrogen and oxygen atoms in total. The smallest absolute Gasteiger partial charge is 0.226 e. The zero-order valence-electron chi connectivity index (χ0n) is 11.0. The molecule has 1 unspecified atom stereocenters. The number of rotatable bonds is 6. The second-order valence-corrected chi connectivity index (χ2v) is 4.96. The topological polar surface area (TPSA) is 81.6 Å². The lowest BCUT2D eigenvalue weighted by Gasteiger charge is -2.13. The maximum absolute atomic E-state index is 11.6. The van der Waals surface area contributed by atoms with E-state index in [0.29, 0.717) is 16.4 Å². The Morgan fingerprint density at radius 2 is 2.11 bits per heavy atom. The van der Waals surface area contributed by atoms with Gasteiger partial charge < -0.3 is 20.8 Å². The lowest BCUT2D eigenvalue weighted by Crippen LogP contribution is -2.23. The number of benzene rings is 1. The van der Waals surface area contributed by atoms with E-state index >= 15 is 0 Å². The van der Waals surface area contributed by atoms with Crippen molar-refractivity contribution >= 4 is 28.9 Å². The molecule has 0 aliphatic heterocycles. The minimum Gasteiger partial charge on any atom is -0.394 e. The molecule has 0 saturated carbocycles. The zero-order chi connectivity index (χ0) is 14.4. The second-order valence-electron chi connectivity index (χ2n) is 4.56. The number of anilines is 2. The highest BCUT2D eigenvalue weighted by Gasteiger charge is 2.10. The van der Waals surface area contributed by atoms with Gasteiger partial charge in [0.15, 0.2) is 0 Å². The number of amides is 1. The van der Waals surface area contributed by atoms with Gasteiger partial charge in [0.2, 0.25) is 5.91 Å². The molecule has 19 heavy (non-hydrogen) atoms. The van der Waals surface area contributed by atoms with Crippen LogP contribution in [0.2, 0.25) is 5.02 Å². The summed E-state index contributed by atoms with van der Waals surface area (Å²) >= 11 is 6.06. The molecule has 0 fully saturated rings. The summed E-state index contributed by atoms with van der Waals surface area (Å²) in [5.74, 6) is -0.216. The van der Waals surface area contributed by atoms with Gasteiger partial charge in [0.1, 0.15) is 0 Å². The average molecular weight is 287 g/mol. The summed E-state index contributed by atoms with van der Waals surface area (Å²) in [6.07, 6.45) is -0.820. The van der Waals surface area contributed by atoms with E-state index in [1.54, 1.807) is 32.0 Å². The van der Waals surface area contributed by atoms with Gasteiger partial charge in [0.05, 0.1) is 23.4 Å². The minimum atomic E-state index is -0.820. The van der Waals surface area contributed by atoms with Crippen LogP contribution < -0.4 is 10.6 Å². The Hall–Kier alpha value is -1.30.